The van der Waals surface area contributed by atoms with Crippen LogP contribution in [0.15, 0.2) is 24.3 Å². The zero-order chi connectivity index (χ0) is 12.6. The zero-order valence-electron chi connectivity index (χ0n) is 10.8. The highest BCUT2D eigenvalue weighted by Gasteiger charge is 2.46. The number of fused-ring (bicyclic) bond motifs is 2. The summed E-state index contributed by atoms with van der Waals surface area (Å²) in [4.78, 5) is 0. The highest BCUT2D eigenvalue weighted by molar-refractivity contribution is 5.39. The van der Waals surface area contributed by atoms with Gasteiger partial charge in [0.15, 0.2) is 0 Å². The summed E-state index contributed by atoms with van der Waals surface area (Å²) in [5.74, 6) is 0.712. The van der Waals surface area contributed by atoms with Crippen LogP contribution in [0.2, 0.25) is 0 Å². The van der Waals surface area contributed by atoms with Crippen LogP contribution in [0.1, 0.15) is 38.2 Å². The molecule has 3 rings (SSSR count). The quantitative estimate of drug-likeness (QED) is 0.888. The van der Waals surface area contributed by atoms with Crippen LogP contribution in [-0.4, -0.2) is 18.7 Å². The van der Waals surface area contributed by atoms with Gasteiger partial charge in [-0.3, -0.25) is 0 Å². The van der Waals surface area contributed by atoms with Crippen molar-refractivity contribution in [3.05, 3.63) is 29.8 Å². The molecule has 0 aromatic heterocycles. The molecule has 98 valence electrons. The molecule has 2 bridgehead atoms. The summed E-state index contributed by atoms with van der Waals surface area (Å²) in [6, 6.07) is 8.25. The van der Waals surface area contributed by atoms with Crippen LogP contribution in [0, 0.1) is 0 Å². The van der Waals surface area contributed by atoms with E-state index in [1.165, 1.54) is 0 Å². The van der Waals surface area contributed by atoms with Crippen LogP contribution in [0.25, 0.3) is 0 Å². The first-order valence-corrected chi connectivity index (χ1v) is 6.88. The second-order valence-corrected chi connectivity index (χ2v) is 5.44. The maximum Gasteiger partial charge on any atom is 0.142 e. The monoisotopic (exact) mass is 249 g/mol. The Morgan fingerprint density at radius 1 is 1.28 bits per heavy atom. The SMILES string of the molecule is CCOc1ccccc1C1(F)CC2CCC(C1)N2. The third-order valence-electron chi connectivity index (χ3n) is 4.14. The lowest BCUT2D eigenvalue weighted by Crippen LogP contribution is -2.44. The smallest absolute Gasteiger partial charge is 0.142 e. The molecule has 2 nitrogen and oxygen atoms in total. The van der Waals surface area contributed by atoms with E-state index >= 15 is 4.39 Å². The number of nitrogens with one attached hydrogen (secondary N) is 1. The molecule has 2 saturated heterocycles. The average Bonchev–Trinajstić information content (AvgIpc) is 2.70. The molecule has 2 heterocycles. The Kier molecular flexibility index (Phi) is 3.02. The minimum atomic E-state index is -1.22. The van der Waals surface area contributed by atoms with Gasteiger partial charge in [-0.1, -0.05) is 18.2 Å². The number of rotatable bonds is 3. The average molecular weight is 249 g/mol. The van der Waals surface area contributed by atoms with E-state index in [0.717, 1.165) is 18.4 Å². The predicted octanol–water partition coefficient (Wildman–Crippen LogP) is 3.16. The van der Waals surface area contributed by atoms with E-state index in [1.54, 1.807) is 0 Å². The van der Waals surface area contributed by atoms with Gasteiger partial charge in [-0.15, -0.1) is 0 Å². The summed E-state index contributed by atoms with van der Waals surface area (Å²) < 4.78 is 20.9. The van der Waals surface area contributed by atoms with E-state index in [9.17, 15) is 0 Å². The lowest BCUT2D eigenvalue weighted by molar-refractivity contribution is 0.0836. The van der Waals surface area contributed by atoms with Crippen molar-refractivity contribution in [1.82, 2.24) is 5.32 Å². The number of alkyl halides is 1. The molecular formula is C15H20FNO. The van der Waals surface area contributed by atoms with E-state index in [2.05, 4.69) is 5.32 Å². The van der Waals surface area contributed by atoms with Crippen LogP contribution >= 0.6 is 0 Å². The fourth-order valence-electron chi connectivity index (χ4n) is 3.43. The number of halogens is 1. The molecular weight excluding hydrogens is 229 g/mol. The van der Waals surface area contributed by atoms with E-state index in [1.807, 2.05) is 31.2 Å². The summed E-state index contributed by atoms with van der Waals surface area (Å²) in [5.41, 5.74) is -0.478. The standard InChI is InChI=1S/C15H20FNO/c1-2-18-14-6-4-3-5-13(14)15(16)9-11-7-8-12(10-15)17-11/h3-6,11-12,17H,2,7-10H2,1H3. The van der Waals surface area contributed by atoms with Crippen LogP contribution in [0.3, 0.4) is 0 Å². The van der Waals surface area contributed by atoms with Crippen molar-refractivity contribution < 1.29 is 9.13 Å². The van der Waals surface area contributed by atoms with Gasteiger partial charge >= 0.3 is 0 Å². The van der Waals surface area contributed by atoms with Gasteiger partial charge in [-0.05, 0) is 25.8 Å². The first-order valence-electron chi connectivity index (χ1n) is 6.88. The predicted molar refractivity (Wildman–Crippen MR) is 69.6 cm³/mol. The molecule has 2 unspecified atom stereocenters. The normalized spacial score (nSPS) is 34.6. The van der Waals surface area contributed by atoms with Crippen molar-refractivity contribution in [1.29, 1.82) is 0 Å². The second kappa shape index (κ2) is 4.54. The van der Waals surface area contributed by atoms with Gasteiger partial charge < -0.3 is 10.1 Å². The fraction of sp³-hybridized carbons (Fsp3) is 0.600. The van der Waals surface area contributed by atoms with Gasteiger partial charge in [0.05, 0.1) is 6.61 Å². The molecule has 1 N–H and O–H groups in total. The molecule has 0 spiro atoms. The molecule has 3 heteroatoms. The summed E-state index contributed by atoms with van der Waals surface area (Å²) in [5, 5.41) is 3.49. The summed E-state index contributed by atoms with van der Waals surface area (Å²) in [7, 11) is 0. The molecule has 0 aliphatic carbocycles. The summed E-state index contributed by atoms with van der Waals surface area (Å²) >= 11 is 0. The number of ether oxygens (including phenoxy) is 1. The summed E-state index contributed by atoms with van der Waals surface area (Å²) in [6.07, 6.45) is 3.36. The first-order chi connectivity index (χ1) is 8.71. The highest BCUT2D eigenvalue weighted by atomic mass is 19.1. The Balaban J connectivity index is 1.93. The lowest BCUT2D eigenvalue weighted by Gasteiger charge is -2.36. The van der Waals surface area contributed by atoms with Crippen LogP contribution in [-0.2, 0) is 5.67 Å². The molecule has 0 amide bonds. The number of hydrogen-bond acceptors (Lipinski definition) is 2. The molecule has 2 aliphatic heterocycles. The van der Waals surface area contributed by atoms with Crippen molar-refractivity contribution in [2.24, 2.45) is 0 Å². The zero-order valence-corrected chi connectivity index (χ0v) is 10.8. The van der Waals surface area contributed by atoms with Gasteiger partial charge in [0.1, 0.15) is 11.4 Å². The minimum Gasteiger partial charge on any atom is -0.493 e. The van der Waals surface area contributed by atoms with Gasteiger partial charge in [0.25, 0.3) is 0 Å². The molecule has 2 aliphatic rings. The molecule has 0 saturated carbocycles. The molecule has 18 heavy (non-hydrogen) atoms. The van der Waals surface area contributed by atoms with Gasteiger partial charge in [0, 0.05) is 30.5 Å². The largest absolute Gasteiger partial charge is 0.493 e. The topological polar surface area (TPSA) is 21.3 Å². The number of benzene rings is 1. The lowest BCUT2D eigenvalue weighted by atomic mass is 9.82. The Hall–Kier alpha value is -1.09. The second-order valence-electron chi connectivity index (χ2n) is 5.44. The number of hydrogen-bond donors (Lipinski definition) is 1. The van der Waals surface area contributed by atoms with Crippen LogP contribution in [0.5, 0.6) is 5.75 Å². The van der Waals surface area contributed by atoms with E-state index in [0.29, 0.717) is 37.3 Å². The first kappa shape index (κ1) is 12.0. The van der Waals surface area contributed by atoms with E-state index in [4.69, 9.17) is 4.74 Å². The van der Waals surface area contributed by atoms with E-state index < -0.39 is 5.67 Å². The third kappa shape index (κ3) is 2.01. The Labute approximate surface area is 108 Å². The molecule has 1 aromatic carbocycles. The molecule has 2 atom stereocenters. The Morgan fingerprint density at radius 3 is 2.61 bits per heavy atom. The number of para-hydroxylation sites is 1. The molecule has 1 aromatic rings. The van der Waals surface area contributed by atoms with Crippen molar-refractivity contribution in [3.63, 3.8) is 0 Å². The van der Waals surface area contributed by atoms with Crippen molar-refractivity contribution in [2.75, 3.05) is 6.61 Å². The Bertz CT molecular complexity index is 422. The highest BCUT2D eigenvalue weighted by Crippen LogP contribution is 2.46. The van der Waals surface area contributed by atoms with Gasteiger partial charge in [-0.25, -0.2) is 4.39 Å². The number of piperidine rings is 1. The van der Waals surface area contributed by atoms with Crippen LogP contribution in [0.4, 0.5) is 4.39 Å². The maximum absolute atomic E-state index is 15.3. The van der Waals surface area contributed by atoms with Gasteiger partial charge in [-0.2, -0.15) is 0 Å². The van der Waals surface area contributed by atoms with Crippen molar-refractivity contribution in [3.8, 4) is 5.75 Å². The summed E-state index contributed by atoms with van der Waals surface area (Å²) in [6.45, 7) is 2.52. The fourth-order valence-corrected chi connectivity index (χ4v) is 3.43. The minimum absolute atomic E-state index is 0.337. The maximum atomic E-state index is 15.3. The van der Waals surface area contributed by atoms with Crippen LogP contribution < -0.4 is 10.1 Å². The van der Waals surface area contributed by atoms with Crippen molar-refractivity contribution >= 4 is 0 Å². The van der Waals surface area contributed by atoms with E-state index in [-0.39, 0.29) is 0 Å². The third-order valence-corrected chi connectivity index (χ3v) is 4.14. The molecule has 0 radical (unpaired) electrons. The van der Waals surface area contributed by atoms with Gasteiger partial charge in [0.2, 0.25) is 0 Å². The Morgan fingerprint density at radius 2 is 1.94 bits per heavy atom. The molecule has 2 fully saturated rings. The van der Waals surface area contributed by atoms with Crippen molar-refractivity contribution in [2.45, 2.75) is 50.4 Å².